The first-order valence-corrected chi connectivity index (χ1v) is 8.54. The summed E-state index contributed by atoms with van der Waals surface area (Å²) in [4.78, 5) is 9.73. The topological polar surface area (TPSA) is 44.9 Å². The summed E-state index contributed by atoms with van der Waals surface area (Å²) in [6, 6.07) is 1.28. The van der Waals surface area contributed by atoms with Crippen molar-refractivity contribution in [2.24, 2.45) is 16.6 Å². The van der Waals surface area contributed by atoms with Gasteiger partial charge in [0.2, 0.25) is 0 Å². The van der Waals surface area contributed by atoms with Crippen LogP contribution in [0.3, 0.4) is 0 Å². The van der Waals surface area contributed by atoms with Crippen molar-refractivity contribution in [3.05, 3.63) is 0 Å². The van der Waals surface area contributed by atoms with Crippen LogP contribution >= 0.6 is 0 Å². The van der Waals surface area contributed by atoms with E-state index in [1.54, 1.807) is 0 Å². The van der Waals surface area contributed by atoms with Gasteiger partial charge in [0.1, 0.15) is 0 Å². The molecule has 3 aliphatic rings. The van der Waals surface area contributed by atoms with Gasteiger partial charge >= 0.3 is 0 Å². The molecule has 0 aromatic heterocycles. The number of hydrogen-bond acceptors (Lipinski definition) is 2. The minimum Gasteiger partial charge on any atom is -0.370 e. The molecule has 2 saturated heterocycles. The van der Waals surface area contributed by atoms with Gasteiger partial charge in [0.15, 0.2) is 5.96 Å². The molecule has 114 valence electrons. The van der Waals surface area contributed by atoms with Crippen LogP contribution in [0.2, 0.25) is 0 Å². The quantitative estimate of drug-likeness (QED) is 0.621. The average Bonchev–Trinajstić information content (AvgIpc) is 2.44. The highest BCUT2D eigenvalue weighted by Gasteiger charge is 2.34. The van der Waals surface area contributed by atoms with Gasteiger partial charge in [-0.25, -0.2) is 4.99 Å². The second-order valence-electron chi connectivity index (χ2n) is 7.03. The Bertz CT molecular complexity index is 334. The van der Waals surface area contributed by atoms with Crippen molar-refractivity contribution in [1.29, 1.82) is 0 Å². The van der Waals surface area contributed by atoms with Crippen LogP contribution in [0.4, 0.5) is 0 Å². The van der Waals surface area contributed by atoms with E-state index in [1.807, 2.05) is 0 Å². The summed E-state index contributed by atoms with van der Waals surface area (Å²) in [5, 5.41) is 0. The lowest BCUT2D eigenvalue weighted by Gasteiger charge is -2.43. The highest BCUT2D eigenvalue weighted by molar-refractivity contribution is 5.78. The molecule has 20 heavy (non-hydrogen) atoms. The summed E-state index contributed by atoms with van der Waals surface area (Å²) in [6.07, 6.45) is 9.17. The average molecular weight is 278 g/mol. The normalized spacial score (nSPS) is 34.0. The van der Waals surface area contributed by atoms with Crippen molar-refractivity contribution in [3.8, 4) is 0 Å². The van der Waals surface area contributed by atoms with E-state index in [4.69, 9.17) is 10.7 Å². The van der Waals surface area contributed by atoms with Crippen molar-refractivity contribution in [2.75, 3.05) is 26.2 Å². The molecular formula is C16H30N4. The fourth-order valence-corrected chi connectivity index (χ4v) is 3.75. The van der Waals surface area contributed by atoms with Gasteiger partial charge in [0.25, 0.3) is 0 Å². The van der Waals surface area contributed by atoms with Crippen molar-refractivity contribution in [1.82, 2.24) is 9.80 Å². The van der Waals surface area contributed by atoms with E-state index < -0.39 is 0 Å². The zero-order valence-corrected chi connectivity index (χ0v) is 12.9. The van der Waals surface area contributed by atoms with Crippen LogP contribution in [-0.4, -0.2) is 54.0 Å². The minimum absolute atomic E-state index is 0.487. The highest BCUT2D eigenvalue weighted by atomic mass is 15.3. The molecule has 0 radical (unpaired) electrons. The molecule has 3 fully saturated rings. The molecule has 2 heterocycles. The van der Waals surface area contributed by atoms with Gasteiger partial charge < -0.3 is 15.5 Å². The van der Waals surface area contributed by atoms with Gasteiger partial charge in [-0.05, 0) is 57.5 Å². The third-order valence-corrected chi connectivity index (χ3v) is 5.42. The van der Waals surface area contributed by atoms with Crippen molar-refractivity contribution >= 4 is 5.96 Å². The lowest BCUT2D eigenvalue weighted by molar-refractivity contribution is 0.0907. The molecule has 0 amide bonds. The standard InChI is InChI=1S/C16H30N4/c1-13-5-9-20(10-6-13)16(17)18-14-11-15(12-14)19-7-3-2-4-8-19/h13-15H,2-12H2,1H3,(H2,17,18). The van der Waals surface area contributed by atoms with Crippen LogP contribution in [0, 0.1) is 5.92 Å². The van der Waals surface area contributed by atoms with Crippen LogP contribution in [0.5, 0.6) is 0 Å². The number of aliphatic imine (C=N–C) groups is 1. The van der Waals surface area contributed by atoms with Gasteiger partial charge in [0.05, 0.1) is 6.04 Å². The second-order valence-corrected chi connectivity index (χ2v) is 7.03. The molecule has 4 heteroatoms. The zero-order chi connectivity index (χ0) is 13.9. The fraction of sp³-hybridized carbons (Fsp3) is 0.938. The van der Waals surface area contributed by atoms with Crippen molar-refractivity contribution in [2.45, 2.75) is 64.0 Å². The number of nitrogens with two attached hydrogens (primary N) is 1. The Hall–Kier alpha value is -0.770. The van der Waals surface area contributed by atoms with Gasteiger partial charge in [-0.3, -0.25) is 0 Å². The molecule has 0 aromatic carbocycles. The zero-order valence-electron chi connectivity index (χ0n) is 12.9. The summed E-state index contributed by atoms with van der Waals surface area (Å²) in [5.74, 6) is 1.66. The lowest BCUT2D eigenvalue weighted by Crippen LogP contribution is -2.50. The smallest absolute Gasteiger partial charge is 0.191 e. The molecule has 0 bridgehead atoms. The summed E-state index contributed by atoms with van der Waals surface area (Å²) in [7, 11) is 0. The van der Waals surface area contributed by atoms with E-state index in [0.717, 1.165) is 31.0 Å². The molecule has 0 aromatic rings. The van der Waals surface area contributed by atoms with Crippen LogP contribution in [0.25, 0.3) is 0 Å². The minimum atomic E-state index is 0.487. The maximum absolute atomic E-state index is 6.19. The summed E-state index contributed by atoms with van der Waals surface area (Å²) in [5.41, 5.74) is 6.19. The molecule has 0 unspecified atom stereocenters. The molecule has 1 saturated carbocycles. The van der Waals surface area contributed by atoms with E-state index in [2.05, 4.69) is 16.7 Å². The van der Waals surface area contributed by atoms with E-state index >= 15 is 0 Å². The maximum Gasteiger partial charge on any atom is 0.191 e. The Morgan fingerprint density at radius 3 is 2.30 bits per heavy atom. The van der Waals surface area contributed by atoms with Gasteiger partial charge in [-0.2, -0.15) is 0 Å². The number of hydrogen-bond donors (Lipinski definition) is 1. The SMILES string of the molecule is CC1CCN(C(N)=NC2CC(N3CCCCC3)C2)CC1. The van der Waals surface area contributed by atoms with Crippen LogP contribution in [0.1, 0.15) is 51.9 Å². The Morgan fingerprint density at radius 2 is 1.65 bits per heavy atom. The van der Waals surface area contributed by atoms with Crippen molar-refractivity contribution in [3.63, 3.8) is 0 Å². The van der Waals surface area contributed by atoms with E-state index in [9.17, 15) is 0 Å². The Kier molecular flexibility index (Phi) is 4.49. The second kappa shape index (κ2) is 6.33. The molecule has 1 aliphatic carbocycles. The highest BCUT2D eigenvalue weighted by Crippen LogP contribution is 2.30. The number of piperidine rings is 2. The third-order valence-electron chi connectivity index (χ3n) is 5.42. The monoisotopic (exact) mass is 278 g/mol. The summed E-state index contributed by atoms with van der Waals surface area (Å²) in [6.45, 7) is 7.14. The molecular weight excluding hydrogens is 248 g/mol. The molecule has 2 aliphatic heterocycles. The molecule has 3 rings (SSSR count). The van der Waals surface area contributed by atoms with E-state index in [-0.39, 0.29) is 0 Å². The Morgan fingerprint density at radius 1 is 1.00 bits per heavy atom. The molecule has 0 spiro atoms. The van der Waals surface area contributed by atoms with E-state index in [0.29, 0.717) is 6.04 Å². The summed E-state index contributed by atoms with van der Waals surface area (Å²) < 4.78 is 0. The molecule has 4 nitrogen and oxygen atoms in total. The van der Waals surface area contributed by atoms with Gasteiger partial charge in [0, 0.05) is 19.1 Å². The summed E-state index contributed by atoms with van der Waals surface area (Å²) >= 11 is 0. The Labute approximate surface area is 123 Å². The Balaban J connectivity index is 1.43. The molecule has 2 N–H and O–H groups in total. The third kappa shape index (κ3) is 3.27. The first-order chi connectivity index (χ1) is 9.72. The predicted octanol–water partition coefficient (Wildman–Crippen LogP) is 2.05. The molecule has 0 atom stereocenters. The number of nitrogens with zero attached hydrogens (tertiary/aromatic N) is 3. The van der Waals surface area contributed by atoms with Gasteiger partial charge in [-0.1, -0.05) is 13.3 Å². The van der Waals surface area contributed by atoms with Crippen LogP contribution < -0.4 is 5.73 Å². The first kappa shape index (κ1) is 14.2. The number of guanidine groups is 1. The number of rotatable bonds is 2. The first-order valence-electron chi connectivity index (χ1n) is 8.54. The maximum atomic E-state index is 6.19. The number of likely N-dealkylation sites (tertiary alicyclic amines) is 2. The largest absolute Gasteiger partial charge is 0.370 e. The van der Waals surface area contributed by atoms with Crippen LogP contribution in [-0.2, 0) is 0 Å². The predicted molar refractivity (Wildman–Crippen MR) is 83.8 cm³/mol. The lowest BCUT2D eigenvalue weighted by atomic mass is 9.85. The van der Waals surface area contributed by atoms with Gasteiger partial charge in [-0.15, -0.1) is 0 Å². The van der Waals surface area contributed by atoms with E-state index in [1.165, 1.54) is 58.0 Å². The van der Waals surface area contributed by atoms with Crippen LogP contribution in [0.15, 0.2) is 4.99 Å². The van der Waals surface area contributed by atoms with Crippen molar-refractivity contribution < 1.29 is 0 Å². The fourth-order valence-electron chi connectivity index (χ4n) is 3.75.